The number of amides is 1. The second-order valence-corrected chi connectivity index (χ2v) is 7.41. The number of rotatable bonds is 8. The van der Waals surface area contributed by atoms with Crippen LogP contribution in [0.1, 0.15) is 49.8 Å². The minimum atomic E-state index is -1.81. The molecule has 1 N–H and O–H groups in total. The fourth-order valence-corrected chi connectivity index (χ4v) is 3.75. The van der Waals surface area contributed by atoms with Crippen LogP contribution in [0.15, 0.2) is 42.5 Å². The molecule has 2 aromatic rings. The van der Waals surface area contributed by atoms with Crippen molar-refractivity contribution < 1.29 is 19.4 Å². The molecule has 0 bridgehead atoms. The molecule has 1 heterocycles. The fraction of sp³-hybridized carbons (Fsp3) is 0.391. The maximum atomic E-state index is 13.2. The van der Waals surface area contributed by atoms with Crippen molar-refractivity contribution in [2.24, 2.45) is 0 Å². The van der Waals surface area contributed by atoms with Gasteiger partial charge in [0.25, 0.3) is 5.91 Å². The quantitative estimate of drug-likeness (QED) is 0.705. The van der Waals surface area contributed by atoms with Crippen LogP contribution in [-0.4, -0.2) is 23.4 Å². The van der Waals surface area contributed by atoms with E-state index in [2.05, 4.69) is 6.92 Å². The highest BCUT2D eigenvalue weighted by Crippen LogP contribution is 2.45. The largest absolute Gasteiger partial charge is 0.493 e. The van der Waals surface area contributed by atoms with E-state index in [9.17, 15) is 14.7 Å². The average molecular weight is 381 g/mol. The molecular formula is C23H27NO4. The van der Waals surface area contributed by atoms with Gasteiger partial charge in [0.2, 0.25) is 0 Å². The number of Topliss-reactive ketones (excluding diaryl/α,β-unsaturated/α-hetero) is 1. The summed E-state index contributed by atoms with van der Waals surface area (Å²) in [6.45, 7) is 6.29. The van der Waals surface area contributed by atoms with Crippen molar-refractivity contribution in [2.75, 3.05) is 11.5 Å². The summed E-state index contributed by atoms with van der Waals surface area (Å²) in [5, 5.41) is 11.2. The Morgan fingerprint density at radius 1 is 1.18 bits per heavy atom. The molecule has 1 aliphatic rings. The van der Waals surface area contributed by atoms with Crippen LogP contribution < -0.4 is 9.64 Å². The van der Waals surface area contributed by atoms with Gasteiger partial charge in [0.15, 0.2) is 5.60 Å². The van der Waals surface area contributed by atoms with Gasteiger partial charge in [0, 0.05) is 17.5 Å². The van der Waals surface area contributed by atoms with Crippen LogP contribution in [0.2, 0.25) is 0 Å². The predicted molar refractivity (Wildman–Crippen MR) is 108 cm³/mol. The molecule has 0 spiro atoms. The topological polar surface area (TPSA) is 66.8 Å². The standard InChI is InChI=1S/C23H27NO4/c1-4-5-13-28-20-12-7-6-10-18(20)15-24-21-16(2)9-8-11-19(21)23(27,22(24)26)14-17(3)25/h6-12,27H,4-5,13-15H2,1-3H3. The van der Waals surface area contributed by atoms with Crippen molar-refractivity contribution >= 4 is 17.4 Å². The third-order valence-corrected chi connectivity index (χ3v) is 5.11. The zero-order valence-corrected chi connectivity index (χ0v) is 16.7. The van der Waals surface area contributed by atoms with Crippen molar-refractivity contribution in [3.8, 4) is 5.75 Å². The fourth-order valence-electron chi connectivity index (χ4n) is 3.75. The normalized spacial score (nSPS) is 18.3. The van der Waals surface area contributed by atoms with Crippen molar-refractivity contribution in [1.29, 1.82) is 0 Å². The monoisotopic (exact) mass is 381 g/mol. The molecular weight excluding hydrogens is 354 g/mol. The number of aryl methyl sites for hydroxylation is 1. The number of hydrogen-bond acceptors (Lipinski definition) is 4. The number of aliphatic hydroxyl groups is 1. The van der Waals surface area contributed by atoms with E-state index >= 15 is 0 Å². The van der Waals surface area contributed by atoms with Gasteiger partial charge in [0.1, 0.15) is 11.5 Å². The van der Waals surface area contributed by atoms with E-state index in [0.717, 1.165) is 29.7 Å². The first-order valence-electron chi connectivity index (χ1n) is 9.73. The number of para-hydroxylation sites is 2. The highest BCUT2D eigenvalue weighted by Gasteiger charge is 2.50. The van der Waals surface area contributed by atoms with Crippen LogP contribution in [0.5, 0.6) is 5.75 Å². The Labute approximate surface area is 165 Å². The van der Waals surface area contributed by atoms with Crippen molar-refractivity contribution in [3.63, 3.8) is 0 Å². The number of benzene rings is 2. The third-order valence-electron chi connectivity index (χ3n) is 5.11. The molecule has 5 heteroatoms. The lowest BCUT2D eigenvalue weighted by molar-refractivity contribution is -0.141. The molecule has 28 heavy (non-hydrogen) atoms. The molecule has 0 fully saturated rings. The van der Waals surface area contributed by atoms with Crippen LogP contribution >= 0.6 is 0 Å². The Kier molecular flexibility index (Phi) is 5.84. The number of ether oxygens (including phenoxy) is 1. The van der Waals surface area contributed by atoms with Crippen molar-refractivity contribution in [2.45, 2.75) is 52.2 Å². The van der Waals surface area contributed by atoms with Gasteiger partial charge in [-0.3, -0.25) is 9.59 Å². The molecule has 148 valence electrons. The van der Waals surface area contributed by atoms with E-state index in [-0.39, 0.29) is 18.7 Å². The zero-order chi connectivity index (χ0) is 20.3. The molecule has 5 nitrogen and oxygen atoms in total. The smallest absolute Gasteiger partial charge is 0.264 e. The minimum absolute atomic E-state index is 0.228. The summed E-state index contributed by atoms with van der Waals surface area (Å²) >= 11 is 0. The molecule has 1 unspecified atom stereocenters. The number of anilines is 1. The van der Waals surface area contributed by atoms with Gasteiger partial charge in [-0.2, -0.15) is 0 Å². The highest BCUT2D eigenvalue weighted by molar-refractivity contribution is 6.09. The number of carbonyl (C=O) groups is 2. The number of hydrogen-bond donors (Lipinski definition) is 1. The zero-order valence-electron chi connectivity index (χ0n) is 16.7. The SMILES string of the molecule is CCCCOc1ccccc1CN1C(=O)C(O)(CC(C)=O)c2cccc(C)c21. The molecule has 3 rings (SSSR count). The third kappa shape index (κ3) is 3.67. The summed E-state index contributed by atoms with van der Waals surface area (Å²) in [5.41, 5.74) is 1.12. The van der Waals surface area contributed by atoms with Crippen molar-refractivity contribution in [3.05, 3.63) is 59.2 Å². The molecule has 0 aromatic heterocycles. The van der Waals surface area contributed by atoms with E-state index in [0.29, 0.717) is 17.9 Å². The molecule has 0 saturated carbocycles. The first-order valence-corrected chi connectivity index (χ1v) is 9.73. The van der Waals surface area contributed by atoms with Crippen LogP contribution in [0.25, 0.3) is 0 Å². The summed E-state index contributed by atoms with van der Waals surface area (Å²) in [6.07, 6.45) is 1.77. The summed E-state index contributed by atoms with van der Waals surface area (Å²) in [5.74, 6) is 0.0460. The number of ketones is 1. The summed E-state index contributed by atoms with van der Waals surface area (Å²) < 4.78 is 5.90. The number of fused-ring (bicyclic) bond motifs is 1. The second kappa shape index (κ2) is 8.15. The summed E-state index contributed by atoms with van der Waals surface area (Å²) in [4.78, 5) is 26.6. The molecule has 0 saturated heterocycles. The van der Waals surface area contributed by atoms with Gasteiger partial charge in [-0.05, 0) is 31.9 Å². The molecule has 1 amide bonds. The Balaban J connectivity index is 1.98. The molecule has 1 atom stereocenters. The van der Waals surface area contributed by atoms with Crippen LogP contribution in [-0.2, 0) is 21.7 Å². The molecule has 1 aliphatic heterocycles. The minimum Gasteiger partial charge on any atom is -0.493 e. The maximum absolute atomic E-state index is 13.2. The molecule has 2 aromatic carbocycles. The van der Waals surface area contributed by atoms with Crippen LogP contribution in [0.4, 0.5) is 5.69 Å². The van der Waals surface area contributed by atoms with Gasteiger partial charge >= 0.3 is 0 Å². The first-order chi connectivity index (χ1) is 13.4. The second-order valence-electron chi connectivity index (χ2n) is 7.41. The number of nitrogens with zero attached hydrogens (tertiary/aromatic N) is 1. The molecule has 0 radical (unpaired) electrons. The average Bonchev–Trinajstić information content (AvgIpc) is 2.85. The lowest BCUT2D eigenvalue weighted by atomic mass is 9.89. The van der Waals surface area contributed by atoms with E-state index in [1.165, 1.54) is 6.92 Å². The Hall–Kier alpha value is -2.66. The first kappa shape index (κ1) is 20.1. The highest BCUT2D eigenvalue weighted by atomic mass is 16.5. The van der Waals surface area contributed by atoms with Gasteiger partial charge in [-0.1, -0.05) is 49.7 Å². The van der Waals surface area contributed by atoms with E-state index in [1.807, 2.05) is 37.3 Å². The Morgan fingerprint density at radius 3 is 2.64 bits per heavy atom. The lowest BCUT2D eigenvalue weighted by Gasteiger charge is -2.23. The van der Waals surface area contributed by atoms with Crippen LogP contribution in [0, 0.1) is 6.92 Å². The van der Waals surface area contributed by atoms with Gasteiger partial charge in [-0.15, -0.1) is 0 Å². The van der Waals surface area contributed by atoms with Crippen molar-refractivity contribution in [1.82, 2.24) is 0 Å². The van der Waals surface area contributed by atoms with E-state index in [1.54, 1.807) is 17.0 Å². The Bertz CT molecular complexity index is 892. The summed E-state index contributed by atoms with van der Waals surface area (Å²) in [7, 11) is 0. The van der Waals surface area contributed by atoms with Gasteiger partial charge in [0.05, 0.1) is 18.8 Å². The lowest BCUT2D eigenvalue weighted by Crippen LogP contribution is -2.41. The predicted octanol–water partition coefficient (Wildman–Crippen LogP) is 3.89. The number of unbranched alkanes of at least 4 members (excludes halogenated alkanes) is 1. The Morgan fingerprint density at radius 2 is 1.93 bits per heavy atom. The maximum Gasteiger partial charge on any atom is 0.264 e. The van der Waals surface area contributed by atoms with Crippen LogP contribution in [0.3, 0.4) is 0 Å². The summed E-state index contributed by atoms with van der Waals surface area (Å²) in [6, 6.07) is 13.1. The van der Waals surface area contributed by atoms with E-state index < -0.39 is 11.5 Å². The van der Waals surface area contributed by atoms with Gasteiger partial charge < -0.3 is 14.7 Å². The van der Waals surface area contributed by atoms with Gasteiger partial charge in [-0.25, -0.2) is 0 Å². The number of carbonyl (C=O) groups excluding carboxylic acids is 2. The van der Waals surface area contributed by atoms with E-state index in [4.69, 9.17) is 4.74 Å². The molecule has 0 aliphatic carbocycles.